The van der Waals surface area contributed by atoms with Gasteiger partial charge in [0, 0.05) is 0 Å². The molecule has 0 spiro atoms. The molecule has 0 N–H and O–H groups in total. The highest BCUT2D eigenvalue weighted by molar-refractivity contribution is 6.30. The summed E-state index contributed by atoms with van der Waals surface area (Å²) in [4.78, 5) is 40.9. The van der Waals surface area contributed by atoms with Crippen LogP contribution >= 0.6 is 0 Å². The second-order valence-corrected chi connectivity index (χ2v) is 8.13. The van der Waals surface area contributed by atoms with Crippen molar-refractivity contribution in [1.29, 1.82) is 0 Å². The minimum atomic E-state index is -1.78. The molecule has 5 nitrogen and oxygen atoms in total. The van der Waals surface area contributed by atoms with Gasteiger partial charge in [-0.1, -0.05) is 60.7 Å². The monoisotopic (exact) mass is 418 g/mol. The van der Waals surface area contributed by atoms with E-state index in [1.165, 1.54) is 0 Å². The van der Waals surface area contributed by atoms with Crippen LogP contribution < -0.4 is 0 Å². The van der Waals surface area contributed by atoms with Crippen LogP contribution in [0.2, 0.25) is 0 Å². The van der Waals surface area contributed by atoms with Gasteiger partial charge in [-0.2, -0.15) is 0 Å². The standard InChI is InChI=1S/C26H26O5/c1-5-30-22(28)26(23(29)31-6-2)24(4)21(27)17(3)20(18-13-9-7-10-14-18)25(24,26)19-15-11-8-12-16-19/h7-16H,5-6H2,1-4H3. The number of benzene rings is 2. The van der Waals surface area contributed by atoms with Crippen molar-refractivity contribution >= 4 is 23.3 Å². The Balaban J connectivity index is 2.12. The zero-order valence-electron chi connectivity index (χ0n) is 18.2. The van der Waals surface area contributed by atoms with Crippen LogP contribution in [0.3, 0.4) is 0 Å². The van der Waals surface area contributed by atoms with Gasteiger partial charge in [-0.15, -0.1) is 0 Å². The van der Waals surface area contributed by atoms with Crippen LogP contribution in [0.25, 0.3) is 5.57 Å². The molecule has 2 aliphatic rings. The molecule has 2 aromatic carbocycles. The van der Waals surface area contributed by atoms with Gasteiger partial charge in [0.15, 0.2) is 11.2 Å². The predicted octanol–water partition coefficient (Wildman–Crippen LogP) is 4.11. The Morgan fingerprint density at radius 1 is 0.839 bits per heavy atom. The number of ether oxygens (including phenoxy) is 2. The van der Waals surface area contributed by atoms with Crippen LogP contribution in [-0.2, 0) is 29.3 Å². The van der Waals surface area contributed by atoms with Gasteiger partial charge in [-0.3, -0.25) is 14.4 Å². The molecule has 5 heteroatoms. The molecule has 0 bridgehead atoms. The maximum absolute atomic E-state index is 13.8. The van der Waals surface area contributed by atoms with Gasteiger partial charge >= 0.3 is 11.9 Å². The fourth-order valence-electron chi connectivity index (χ4n) is 5.92. The van der Waals surface area contributed by atoms with E-state index in [-0.39, 0.29) is 19.0 Å². The normalized spacial score (nSPS) is 25.7. The molecular weight excluding hydrogens is 392 g/mol. The van der Waals surface area contributed by atoms with Gasteiger partial charge in [0.25, 0.3) is 0 Å². The summed E-state index contributed by atoms with van der Waals surface area (Å²) in [6, 6.07) is 18.8. The summed E-state index contributed by atoms with van der Waals surface area (Å²) in [5.74, 6) is -1.65. The van der Waals surface area contributed by atoms with E-state index in [2.05, 4.69) is 0 Å². The highest BCUT2D eigenvalue weighted by Gasteiger charge is 2.99. The topological polar surface area (TPSA) is 69.7 Å². The number of ketones is 1. The lowest BCUT2D eigenvalue weighted by Crippen LogP contribution is -2.41. The highest BCUT2D eigenvalue weighted by Crippen LogP contribution is 2.87. The molecule has 2 aliphatic carbocycles. The van der Waals surface area contributed by atoms with Gasteiger partial charge in [0.1, 0.15) is 0 Å². The molecule has 0 aromatic heterocycles. The van der Waals surface area contributed by atoms with E-state index in [9.17, 15) is 14.4 Å². The SMILES string of the molecule is CCOC(=O)C1(C(=O)OCC)C2(C)C(=O)C(C)=C(c3ccccc3)C21c1ccccc1. The van der Waals surface area contributed by atoms with Crippen LogP contribution in [-0.4, -0.2) is 30.9 Å². The van der Waals surface area contributed by atoms with Crippen LogP contribution in [0.5, 0.6) is 0 Å². The van der Waals surface area contributed by atoms with E-state index < -0.39 is 28.2 Å². The lowest BCUT2D eigenvalue weighted by atomic mass is 9.76. The molecule has 31 heavy (non-hydrogen) atoms. The van der Waals surface area contributed by atoms with Crippen molar-refractivity contribution in [3.05, 3.63) is 77.4 Å². The van der Waals surface area contributed by atoms with Crippen molar-refractivity contribution in [1.82, 2.24) is 0 Å². The Hall–Kier alpha value is -3.21. The first-order valence-electron chi connectivity index (χ1n) is 10.6. The number of hydrogen-bond acceptors (Lipinski definition) is 5. The number of fused-ring (bicyclic) bond motifs is 1. The third kappa shape index (κ3) is 2.24. The van der Waals surface area contributed by atoms with Gasteiger partial charge < -0.3 is 9.47 Å². The molecule has 2 aromatic rings. The number of carbonyl (C=O) groups excluding carboxylic acids is 3. The van der Waals surface area contributed by atoms with Crippen molar-refractivity contribution in [2.24, 2.45) is 10.8 Å². The van der Waals surface area contributed by atoms with E-state index >= 15 is 0 Å². The van der Waals surface area contributed by atoms with E-state index in [0.717, 1.165) is 11.1 Å². The summed E-state index contributed by atoms with van der Waals surface area (Å²) in [7, 11) is 0. The Morgan fingerprint density at radius 3 is 1.81 bits per heavy atom. The van der Waals surface area contributed by atoms with Gasteiger partial charge in [0.05, 0.1) is 24.0 Å². The molecule has 0 saturated heterocycles. The minimum Gasteiger partial charge on any atom is -0.465 e. The molecule has 0 amide bonds. The molecule has 160 valence electrons. The van der Waals surface area contributed by atoms with E-state index in [1.54, 1.807) is 27.7 Å². The third-order valence-electron chi connectivity index (χ3n) is 6.98. The fourth-order valence-corrected chi connectivity index (χ4v) is 5.92. The van der Waals surface area contributed by atoms with Crippen molar-refractivity contribution in [3.8, 4) is 0 Å². The molecule has 1 saturated carbocycles. The first-order chi connectivity index (χ1) is 14.9. The third-order valence-corrected chi connectivity index (χ3v) is 6.98. The van der Waals surface area contributed by atoms with Crippen LogP contribution in [0.4, 0.5) is 0 Å². The molecule has 2 unspecified atom stereocenters. The zero-order chi connectivity index (χ0) is 22.4. The van der Waals surface area contributed by atoms with E-state index in [4.69, 9.17) is 9.47 Å². The minimum absolute atomic E-state index is 0.0957. The predicted molar refractivity (Wildman–Crippen MR) is 116 cm³/mol. The molecule has 4 rings (SSSR count). The Kier molecular flexibility index (Phi) is 4.88. The molecule has 1 fully saturated rings. The lowest BCUT2D eigenvalue weighted by molar-refractivity contribution is -0.168. The lowest BCUT2D eigenvalue weighted by Gasteiger charge is -2.27. The maximum Gasteiger partial charge on any atom is 0.325 e. The second kappa shape index (κ2) is 7.19. The van der Waals surface area contributed by atoms with E-state index in [1.807, 2.05) is 60.7 Å². The van der Waals surface area contributed by atoms with Crippen molar-refractivity contribution in [2.75, 3.05) is 13.2 Å². The van der Waals surface area contributed by atoms with Crippen LogP contribution in [0, 0.1) is 10.8 Å². The Bertz CT molecular complexity index is 1070. The number of esters is 2. The summed E-state index contributed by atoms with van der Waals surface area (Å²) in [6.45, 7) is 7.04. The second-order valence-electron chi connectivity index (χ2n) is 8.13. The summed E-state index contributed by atoms with van der Waals surface area (Å²) in [5.41, 5.74) is -1.55. The van der Waals surface area contributed by atoms with Gasteiger partial charge in [-0.05, 0) is 50.0 Å². The van der Waals surface area contributed by atoms with Crippen molar-refractivity contribution in [2.45, 2.75) is 33.1 Å². The quantitative estimate of drug-likeness (QED) is 0.522. The summed E-state index contributed by atoms with van der Waals surface area (Å²) < 4.78 is 10.9. The number of carbonyl (C=O) groups is 3. The highest BCUT2D eigenvalue weighted by atomic mass is 16.6. The average Bonchev–Trinajstić information content (AvgIpc) is 3.24. The average molecular weight is 418 g/mol. The smallest absolute Gasteiger partial charge is 0.325 e. The number of allylic oxidation sites excluding steroid dienone is 2. The van der Waals surface area contributed by atoms with Gasteiger partial charge in [-0.25, -0.2) is 0 Å². The fraction of sp³-hybridized carbons (Fsp3) is 0.346. The molecule has 0 heterocycles. The van der Waals surface area contributed by atoms with Gasteiger partial charge in [0.2, 0.25) is 0 Å². The Labute approximate surface area is 182 Å². The first kappa shape index (κ1) is 21.0. The largest absolute Gasteiger partial charge is 0.465 e. The van der Waals surface area contributed by atoms with Crippen LogP contribution in [0.15, 0.2) is 66.2 Å². The first-order valence-corrected chi connectivity index (χ1v) is 10.6. The van der Waals surface area contributed by atoms with Crippen LogP contribution in [0.1, 0.15) is 38.8 Å². The molecule has 0 radical (unpaired) electrons. The zero-order valence-corrected chi connectivity index (χ0v) is 18.2. The summed E-state index contributed by atoms with van der Waals surface area (Å²) in [5, 5.41) is 0. The molecule has 0 aliphatic heterocycles. The Morgan fingerprint density at radius 2 is 1.32 bits per heavy atom. The van der Waals surface area contributed by atoms with Crippen molar-refractivity contribution in [3.63, 3.8) is 0 Å². The molecular formula is C26H26O5. The number of hydrogen-bond donors (Lipinski definition) is 0. The summed E-state index contributed by atoms with van der Waals surface area (Å²) in [6.07, 6.45) is 0. The number of rotatable bonds is 6. The number of Topliss-reactive ketones (excluding diaryl/α,β-unsaturated/α-hetero) is 1. The van der Waals surface area contributed by atoms with E-state index in [0.29, 0.717) is 11.1 Å². The summed E-state index contributed by atoms with van der Waals surface area (Å²) >= 11 is 0. The van der Waals surface area contributed by atoms with Crippen molar-refractivity contribution < 1.29 is 23.9 Å². The molecule has 2 atom stereocenters. The maximum atomic E-state index is 13.8.